The molecule has 1 heterocycles. The summed E-state index contributed by atoms with van der Waals surface area (Å²) in [6.07, 6.45) is 0. The van der Waals surface area contributed by atoms with Crippen LogP contribution in [0.25, 0.3) is 0 Å². The number of nitrogens with zero attached hydrogens (tertiary/aromatic N) is 1. The second-order valence-electron chi connectivity index (χ2n) is 3.12. The highest BCUT2D eigenvalue weighted by atomic mass is 32.1. The molecule has 0 amide bonds. The zero-order valence-electron chi connectivity index (χ0n) is 7.96. The quantitative estimate of drug-likeness (QED) is 0.743. The monoisotopic (exact) mass is 198 g/mol. The van der Waals surface area contributed by atoms with E-state index in [1.807, 2.05) is 13.8 Å². The zero-order valence-corrected chi connectivity index (χ0v) is 8.78. The number of nitrogens with two attached hydrogens (primary N) is 1. The first-order chi connectivity index (χ1) is 6.06. The van der Waals surface area contributed by atoms with Gasteiger partial charge in [-0.25, -0.2) is 0 Å². The Morgan fingerprint density at radius 1 is 1.69 bits per heavy atom. The molecule has 0 spiro atoms. The third kappa shape index (κ3) is 2.08. The van der Waals surface area contributed by atoms with Gasteiger partial charge in [0.25, 0.3) is 0 Å². The average Bonchev–Trinajstić information content (AvgIpc) is 2.31. The second kappa shape index (κ2) is 3.89. The van der Waals surface area contributed by atoms with Crippen molar-refractivity contribution >= 4 is 11.3 Å². The van der Waals surface area contributed by atoms with Crippen molar-refractivity contribution in [1.29, 1.82) is 0 Å². The molecule has 0 aliphatic heterocycles. The lowest BCUT2D eigenvalue weighted by Crippen LogP contribution is -2.15. The minimum absolute atomic E-state index is 0.0564. The smallest absolute Gasteiger partial charge is 0.307 e. The third-order valence-corrected chi connectivity index (χ3v) is 2.96. The fourth-order valence-corrected chi connectivity index (χ4v) is 2.03. The molecule has 1 rings (SSSR count). The van der Waals surface area contributed by atoms with Gasteiger partial charge in [-0.3, -0.25) is 9.36 Å². The summed E-state index contributed by atoms with van der Waals surface area (Å²) in [5.41, 5.74) is 7.45. The Morgan fingerprint density at radius 3 is 2.69 bits per heavy atom. The largest absolute Gasteiger partial charge is 0.326 e. The third-order valence-electron chi connectivity index (χ3n) is 1.85. The highest BCUT2D eigenvalue weighted by Crippen LogP contribution is 2.11. The van der Waals surface area contributed by atoms with Crippen molar-refractivity contribution in [2.75, 3.05) is 0 Å². The molecule has 0 aromatic carbocycles. The molecule has 1 aromatic rings. The molecule has 0 radical (unpaired) electrons. The summed E-state index contributed by atoms with van der Waals surface area (Å²) in [5.74, 6) is 0. The predicted octanol–water partition coefficient (Wildman–Crippen LogP) is 1.25. The van der Waals surface area contributed by atoms with Crippen molar-refractivity contribution in [2.45, 2.75) is 26.9 Å². The van der Waals surface area contributed by atoms with Crippen molar-refractivity contribution < 1.29 is 0 Å². The van der Waals surface area contributed by atoms with Crippen LogP contribution < -0.4 is 10.6 Å². The molecule has 0 saturated heterocycles. The van der Waals surface area contributed by atoms with Gasteiger partial charge in [-0.1, -0.05) is 23.5 Å². The number of allylic oxidation sites excluding steroid dienone is 1. The van der Waals surface area contributed by atoms with Crippen LogP contribution in [0.1, 0.15) is 17.5 Å². The summed E-state index contributed by atoms with van der Waals surface area (Å²) in [6.45, 7) is 8.65. The van der Waals surface area contributed by atoms with Gasteiger partial charge < -0.3 is 5.73 Å². The van der Waals surface area contributed by atoms with Crippen LogP contribution >= 0.6 is 11.3 Å². The minimum Gasteiger partial charge on any atom is -0.326 e. The SMILES string of the molecule is C=C(C)Cn1c(C)c(CN)sc1=O. The van der Waals surface area contributed by atoms with Gasteiger partial charge in [0.05, 0.1) is 0 Å². The van der Waals surface area contributed by atoms with Crippen LogP contribution in [0.5, 0.6) is 0 Å². The van der Waals surface area contributed by atoms with E-state index in [2.05, 4.69) is 6.58 Å². The Morgan fingerprint density at radius 2 is 2.31 bits per heavy atom. The van der Waals surface area contributed by atoms with E-state index in [1.165, 1.54) is 11.3 Å². The first kappa shape index (κ1) is 10.2. The molecule has 0 aliphatic rings. The maximum atomic E-state index is 11.4. The Balaban J connectivity index is 3.13. The zero-order chi connectivity index (χ0) is 10.0. The van der Waals surface area contributed by atoms with Crippen molar-refractivity contribution in [3.8, 4) is 0 Å². The molecule has 3 nitrogen and oxygen atoms in total. The maximum absolute atomic E-state index is 11.4. The molecule has 0 aliphatic carbocycles. The number of rotatable bonds is 3. The summed E-state index contributed by atoms with van der Waals surface area (Å²) in [6, 6.07) is 0. The van der Waals surface area contributed by atoms with Crippen LogP contribution in [0.2, 0.25) is 0 Å². The van der Waals surface area contributed by atoms with Gasteiger partial charge in [0, 0.05) is 23.7 Å². The average molecular weight is 198 g/mol. The number of hydrogen-bond donors (Lipinski definition) is 1. The Bertz CT molecular complexity index is 375. The van der Waals surface area contributed by atoms with Gasteiger partial charge >= 0.3 is 4.87 Å². The highest BCUT2D eigenvalue weighted by Gasteiger charge is 2.08. The predicted molar refractivity (Wildman–Crippen MR) is 56.0 cm³/mol. The molecule has 1 aromatic heterocycles. The summed E-state index contributed by atoms with van der Waals surface area (Å²) in [7, 11) is 0. The summed E-state index contributed by atoms with van der Waals surface area (Å²) >= 11 is 1.22. The number of thiazole rings is 1. The van der Waals surface area contributed by atoms with Crippen molar-refractivity contribution in [2.24, 2.45) is 5.73 Å². The normalized spacial score (nSPS) is 10.4. The summed E-state index contributed by atoms with van der Waals surface area (Å²) < 4.78 is 1.72. The lowest BCUT2D eigenvalue weighted by molar-refractivity contribution is 0.737. The van der Waals surface area contributed by atoms with E-state index in [0.29, 0.717) is 13.1 Å². The molecule has 0 saturated carbocycles. The van der Waals surface area contributed by atoms with Crippen LogP contribution in [0, 0.1) is 6.92 Å². The van der Waals surface area contributed by atoms with Gasteiger partial charge in [0.2, 0.25) is 0 Å². The molecule has 0 fully saturated rings. The minimum atomic E-state index is 0.0564. The Kier molecular flexibility index (Phi) is 3.06. The van der Waals surface area contributed by atoms with E-state index in [0.717, 1.165) is 16.1 Å². The fraction of sp³-hybridized carbons (Fsp3) is 0.444. The molecule has 0 bridgehead atoms. The summed E-state index contributed by atoms with van der Waals surface area (Å²) in [5, 5.41) is 0. The van der Waals surface area contributed by atoms with Crippen molar-refractivity contribution in [1.82, 2.24) is 4.57 Å². The molecule has 72 valence electrons. The second-order valence-corrected chi connectivity index (χ2v) is 4.17. The Hall–Kier alpha value is -0.870. The van der Waals surface area contributed by atoms with Gasteiger partial charge in [-0.05, 0) is 13.8 Å². The van der Waals surface area contributed by atoms with Gasteiger partial charge in [-0.15, -0.1) is 0 Å². The van der Waals surface area contributed by atoms with Crippen LogP contribution in [-0.2, 0) is 13.1 Å². The highest BCUT2D eigenvalue weighted by molar-refractivity contribution is 7.09. The van der Waals surface area contributed by atoms with Crippen molar-refractivity contribution in [3.05, 3.63) is 32.4 Å². The van der Waals surface area contributed by atoms with E-state index in [4.69, 9.17) is 5.73 Å². The van der Waals surface area contributed by atoms with Gasteiger partial charge in [-0.2, -0.15) is 0 Å². The van der Waals surface area contributed by atoms with E-state index < -0.39 is 0 Å². The molecular formula is C9H14N2OS. The van der Waals surface area contributed by atoms with Crippen LogP contribution in [0.3, 0.4) is 0 Å². The fourth-order valence-electron chi connectivity index (χ4n) is 1.16. The van der Waals surface area contributed by atoms with Crippen LogP contribution in [-0.4, -0.2) is 4.57 Å². The van der Waals surface area contributed by atoms with E-state index in [1.54, 1.807) is 4.57 Å². The van der Waals surface area contributed by atoms with Crippen molar-refractivity contribution in [3.63, 3.8) is 0 Å². The molecule has 2 N–H and O–H groups in total. The molecule has 0 unspecified atom stereocenters. The first-order valence-electron chi connectivity index (χ1n) is 4.09. The van der Waals surface area contributed by atoms with Gasteiger partial charge in [0.15, 0.2) is 0 Å². The maximum Gasteiger partial charge on any atom is 0.307 e. The molecular weight excluding hydrogens is 184 g/mol. The first-order valence-corrected chi connectivity index (χ1v) is 4.91. The van der Waals surface area contributed by atoms with Crippen LogP contribution in [0.4, 0.5) is 0 Å². The van der Waals surface area contributed by atoms with E-state index in [-0.39, 0.29) is 4.87 Å². The van der Waals surface area contributed by atoms with Crippen LogP contribution in [0.15, 0.2) is 16.9 Å². The molecule has 13 heavy (non-hydrogen) atoms. The lowest BCUT2D eigenvalue weighted by Gasteiger charge is -2.03. The van der Waals surface area contributed by atoms with E-state index in [9.17, 15) is 4.79 Å². The topological polar surface area (TPSA) is 48.0 Å². The Labute approximate surface area is 81.5 Å². The molecule has 4 heteroatoms. The molecule has 0 atom stereocenters. The number of aromatic nitrogens is 1. The summed E-state index contributed by atoms with van der Waals surface area (Å²) in [4.78, 5) is 12.5. The van der Waals surface area contributed by atoms with Gasteiger partial charge in [0.1, 0.15) is 0 Å². The lowest BCUT2D eigenvalue weighted by atomic mass is 10.3. The van der Waals surface area contributed by atoms with E-state index >= 15 is 0 Å². The number of hydrogen-bond acceptors (Lipinski definition) is 3. The standard InChI is InChI=1S/C9H14N2OS/c1-6(2)5-11-7(3)8(4-10)13-9(11)12/h1,4-5,10H2,2-3H3.